The molecule has 1 aliphatic heterocycles. The van der Waals surface area contributed by atoms with E-state index < -0.39 is 0 Å². The van der Waals surface area contributed by atoms with Gasteiger partial charge >= 0.3 is 0 Å². The molecule has 1 aromatic rings. The number of benzene rings is 1. The van der Waals surface area contributed by atoms with Crippen LogP contribution < -0.4 is 20.5 Å². The molecule has 1 aliphatic rings. The molecule has 0 spiro atoms. The molecule has 18 heavy (non-hydrogen) atoms. The van der Waals surface area contributed by atoms with Crippen LogP contribution in [0.5, 0.6) is 11.5 Å². The summed E-state index contributed by atoms with van der Waals surface area (Å²) >= 11 is 0. The minimum Gasteiger partial charge on any atom is -0.497 e. The Labute approximate surface area is 108 Å². The van der Waals surface area contributed by atoms with Crippen molar-refractivity contribution in [1.82, 2.24) is 5.32 Å². The molecule has 1 atom stereocenters. The van der Waals surface area contributed by atoms with Crippen molar-refractivity contribution in [3.05, 3.63) is 24.3 Å². The molecule has 0 radical (unpaired) electrons. The second-order valence-corrected chi connectivity index (χ2v) is 4.74. The second-order valence-electron chi connectivity index (χ2n) is 4.74. The lowest BCUT2D eigenvalue weighted by molar-refractivity contribution is 0.219. The van der Waals surface area contributed by atoms with E-state index >= 15 is 0 Å². The highest BCUT2D eigenvalue weighted by molar-refractivity contribution is 5.31. The van der Waals surface area contributed by atoms with Gasteiger partial charge in [0.1, 0.15) is 18.1 Å². The first-order valence-corrected chi connectivity index (χ1v) is 6.53. The van der Waals surface area contributed by atoms with E-state index in [4.69, 9.17) is 15.2 Å². The molecule has 2 rings (SSSR count). The monoisotopic (exact) mass is 250 g/mol. The van der Waals surface area contributed by atoms with Crippen LogP contribution in [0.1, 0.15) is 12.8 Å². The summed E-state index contributed by atoms with van der Waals surface area (Å²) in [5, 5.41) is 3.35. The van der Waals surface area contributed by atoms with Gasteiger partial charge in [0.15, 0.2) is 0 Å². The summed E-state index contributed by atoms with van der Waals surface area (Å²) in [7, 11) is 1.66. The third-order valence-corrected chi connectivity index (χ3v) is 3.49. The first kappa shape index (κ1) is 13.2. The Morgan fingerprint density at radius 3 is 2.44 bits per heavy atom. The average Bonchev–Trinajstić information content (AvgIpc) is 2.46. The smallest absolute Gasteiger partial charge is 0.119 e. The third-order valence-electron chi connectivity index (χ3n) is 3.49. The average molecular weight is 250 g/mol. The number of piperidine rings is 1. The molecule has 1 unspecified atom stereocenters. The topological polar surface area (TPSA) is 56.5 Å². The van der Waals surface area contributed by atoms with Gasteiger partial charge in [-0.2, -0.15) is 0 Å². The fourth-order valence-electron chi connectivity index (χ4n) is 2.27. The van der Waals surface area contributed by atoms with Gasteiger partial charge in [-0.25, -0.2) is 0 Å². The summed E-state index contributed by atoms with van der Waals surface area (Å²) in [5.74, 6) is 2.26. The van der Waals surface area contributed by atoms with Gasteiger partial charge in [0.25, 0.3) is 0 Å². The van der Waals surface area contributed by atoms with Crippen molar-refractivity contribution in [3.63, 3.8) is 0 Å². The summed E-state index contributed by atoms with van der Waals surface area (Å²) in [4.78, 5) is 0. The first-order chi connectivity index (χ1) is 8.79. The Kier molecular flexibility index (Phi) is 4.84. The molecule has 1 heterocycles. The Balaban J connectivity index is 1.78. The zero-order valence-electron chi connectivity index (χ0n) is 10.9. The van der Waals surface area contributed by atoms with Crippen molar-refractivity contribution >= 4 is 0 Å². The highest BCUT2D eigenvalue weighted by Gasteiger charge is 2.20. The maximum atomic E-state index is 6.17. The fourth-order valence-corrected chi connectivity index (χ4v) is 2.27. The van der Waals surface area contributed by atoms with Gasteiger partial charge in [0.2, 0.25) is 0 Å². The highest BCUT2D eigenvalue weighted by Crippen LogP contribution is 2.19. The van der Waals surface area contributed by atoms with Crippen molar-refractivity contribution in [2.24, 2.45) is 11.7 Å². The highest BCUT2D eigenvalue weighted by atomic mass is 16.5. The molecule has 1 saturated heterocycles. The first-order valence-electron chi connectivity index (χ1n) is 6.53. The number of nitrogens with one attached hydrogen (secondary N) is 1. The molecular weight excluding hydrogens is 228 g/mol. The zero-order valence-corrected chi connectivity index (χ0v) is 10.9. The number of methoxy groups -OCH3 is 1. The van der Waals surface area contributed by atoms with E-state index in [0.29, 0.717) is 12.5 Å². The molecule has 1 fully saturated rings. The Morgan fingerprint density at radius 1 is 1.22 bits per heavy atom. The molecule has 0 aliphatic carbocycles. The number of ether oxygens (including phenoxy) is 2. The quantitative estimate of drug-likeness (QED) is 0.829. The van der Waals surface area contributed by atoms with Crippen molar-refractivity contribution in [3.8, 4) is 11.5 Å². The summed E-state index contributed by atoms with van der Waals surface area (Å²) in [5.41, 5.74) is 6.17. The summed E-state index contributed by atoms with van der Waals surface area (Å²) in [6.45, 7) is 2.72. The number of hydrogen-bond acceptors (Lipinski definition) is 4. The maximum absolute atomic E-state index is 6.17. The van der Waals surface area contributed by atoms with Gasteiger partial charge in [-0.15, -0.1) is 0 Å². The normalized spacial score (nSPS) is 18.3. The second kappa shape index (κ2) is 6.61. The molecule has 4 nitrogen and oxygen atoms in total. The summed E-state index contributed by atoms with van der Waals surface area (Å²) in [6, 6.07) is 7.73. The minimum absolute atomic E-state index is 0.120. The van der Waals surface area contributed by atoms with Crippen molar-refractivity contribution in [2.75, 3.05) is 26.8 Å². The molecule has 3 N–H and O–H groups in total. The van der Waals surface area contributed by atoms with Crippen LogP contribution in [-0.2, 0) is 0 Å². The SMILES string of the molecule is COc1ccc(OCC(N)C2CCNCC2)cc1. The van der Waals surface area contributed by atoms with Crippen LogP contribution >= 0.6 is 0 Å². The van der Waals surface area contributed by atoms with Crippen molar-refractivity contribution < 1.29 is 9.47 Å². The molecule has 0 saturated carbocycles. The van der Waals surface area contributed by atoms with E-state index in [1.807, 2.05) is 24.3 Å². The molecule has 0 bridgehead atoms. The predicted molar refractivity (Wildman–Crippen MR) is 72.1 cm³/mol. The largest absolute Gasteiger partial charge is 0.497 e. The fraction of sp³-hybridized carbons (Fsp3) is 0.571. The lowest BCUT2D eigenvalue weighted by Gasteiger charge is -2.27. The molecular formula is C14H22N2O2. The van der Waals surface area contributed by atoms with Crippen LogP contribution in [-0.4, -0.2) is 32.8 Å². The van der Waals surface area contributed by atoms with Gasteiger partial charge in [-0.1, -0.05) is 0 Å². The maximum Gasteiger partial charge on any atom is 0.119 e. The van der Waals surface area contributed by atoms with Gasteiger partial charge in [0, 0.05) is 6.04 Å². The molecule has 0 aromatic heterocycles. The zero-order chi connectivity index (χ0) is 12.8. The van der Waals surface area contributed by atoms with Gasteiger partial charge in [0.05, 0.1) is 7.11 Å². The number of rotatable bonds is 5. The molecule has 100 valence electrons. The number of nitrogens with two attached hydrogens (primary N) is 1. The molecule has 4 heteroatoms. The van der Waals surface area contributed by atoms with E-state index in [-0.39, 0.29) is 6.04 Å². The number of hydrogen-bond donors (Lipinski definition) is 2. The van der Waals surface area contributed by atoms with Crippen LogP contribution in [0.15, 0.2) is 24.3 Å². The van der Waals surface area contributed by atoms with Gasteiger partial charge in [-0.05, 0) is 56.1 Å². The van der Waals surface area contributed by atoms with Crippen LogP contribution in [0, 0.1) is 5.92 Å². The van der Waals surface area contributed by atoms with Crippen LogP contribution in [0.2, 0.25) is 0 Å². The third kappa shape index (κ3) is 3.62. The van der Waals surface area contributed by atoms with E-state index in [2.05, 4.69) is 5.32 Å². The molecule has 1 aromatic carbocycles. The summed E-state index contributed by atoms with van der Waals surface area (Å²) in [6.07, 6.45) is 2.29. The van der Waals surface area contributed by atoms with Crippen LogP contribution in [0.3, 0.4) is 0 Å². The van der Waals surface area contributed by atoms with E-state index in [0.717, 1.165) is 37.4 Å². The minimum atomic E-state index is 0.120. The Morgan fingerprint density at radius 2 is 1.83 bits per heavy atom. The molecule has 0 amide bonds. The standard InChI is InChI=1S/C14H22N2O2/c1-17-12-2-4-13(5-3-12)18-10-14(15)11-6-8-16-9-7-11/h2-5,11,14,16H,6-10,15H2,1H3. The van der Waals surface area contributed by atoms with Crippen molar-refractivity contribution in [2.45, 2.75) is 18.9 Å². The van der Waals surface area contributed by atoms with Crippen LogP contribution in [0.25, 0.3) is 0 Å². The van der Waals surface area contributed by atoms with Gasteiger partial charge in [-0.3, -0.25) is 0 Å². The van der Waals surface area contributed by atoms with Crippen molar-refractivity contribution in [1.29, 1.82) is 0 Å². The summed E-state index contributed by atoms with van der Waals surface area (Å²) < 4.78 is 10.8. The Hall–Kier alpha value is -1.26. The van der Waals surface area contributed by atoms with E-state index in [1.54, 1.807) is 7.11 Å². The van der Waals surface area contributed by atoms with E-state index in [1.165, 1.54) is 0 Å². The van der Waals surface area contributed by atoms with Crippen LogP contribution in [0.4, 0.5) is 0 Å². The lowest BCUT2D eigenvalue weighted by atomic mass is 9.91. The lowest BCUT2D eigenvalue weighted by Crippen LogP contribution is -2.41. The Bertz CT molecular complexity index is 347. The predicted octanol–water partition coefficient (Wildman–Crippen LogP) is 1.40. The van der Waals surface area contributed by atoms with E-state index in [9.17, 15) is 0 Å². The van der Waals surface area contributed by atoms with Gasteiger partial charge < -0.3 is 20.5 Å².